The zero-order valence-electron chi connectivity index (χ0n) is 8.68. The van der Waals surface area contributed by atoms with E-state index in [0.29, 0.717) is 5.82 Å². The largest absolute Gasteiger partial charge is 0.494 e. The Hall–Kier alpha value is -2.63. The van der Waals surface area contributed by atoms with Crippen molar-refractivity contribution in [1.29, 1.82) is 0 Å². The highest BCUT2D eigenvalue weighted by atomic mass is 16.3. The number of aromatic hydroxyl groups is 1. The summed E-state index contributed by atoms with van der Waals surface area (Å²) >= 11 is 0. The highest BCUT2D eigenvalue weighted by Gasteiger charge is 2.08. The third-order valence-electron chi connectivity index (χ3n) is 2.00. The van der Waals surface area contributed by atoms with Gasteiger partial charge in [0, 0.05) is 18.3 Å². The minimum atomic E-state index is -0.545. The standard InChI is InChI=1S/C11H9N3O3/c15-9-5-7(6-10(16)14-9)11(17)13-8-3-1-2-4-12-8/h1-6H,(H,12,13,17)(H2,14,15,16). The van der Waals surface area contributed by atoms with Gasteiger partial charge in [0.1, 0.15) is 5.82 Å². The molecule has 0 aliphatic rings. The summed E-state index contributed by atoms with van der Waals surface area (Å²) in [6, 6.07) is 7.31. The van der Waals surface area contributed by atoms with Crippen LogP contribution in [0.2, 0.25) is 0 Å². The molecule has 0 aliphatic heterocycles. The molecule has 0 atom stereocenters. The number of anilines is 1. The van der Waals surface area contributed by atoms with Gasteiger partial charge in [-0.05, 0) is 12.1 Å². The second-order valence-corrected chi connectivity index (χ2v) is 3.29. The molecule has 0 aliphatic carbocycles. The van der Waals surface area contributed by atoms with Gasteiger partial charge in [-0.25, -0.2) is 4.98 Å². The van der Waals surface area contributed by atoms with Crippen molar-refractivity contribution >= 4 is 11.7 Å². The lowest BCUT2D eigenvalue weighted by Gasteiger charge is -2.03. The van der Waals surface area contributed by atoms with E-state index in [9.17, 15) is 9.59 Å². The predicted molar refractivity (Wildman–Crippen MR) is 60.9 cm³/mol. The number of nitrogens with zero attached hydrogens (tertiary/aromatic N) is 1. The molecule has 2 rings (SSSR count). The van der Waals surface area contributed by atoms with Gasteiger partial charge in [-0.1, -0.05) is 6.07 Å². The van der Waals surface area contributed by atoms with Gasteiger partial charge in [0.15, 0.2) is 5.88 Å². The van der Waals surface area contributed by atoms with E-state index in [4.69, 9.17) is 5.11 Å². The average molecular weight is 231 g/mol. The van der Waals surface area contributed by atoms with Gasteiger partial charge in [0.2, 0.25) is 0 Å². The van der Waals surface area contributed by atoms with Crippen molar-refractivity contribution in [1.82, 2.24) is 9.97 Å². The summed E-state index contributed by atoms with van der Waals surface area (Å²) in [7, 11) is 0. The smallest absolute Gasteiger partial charge is 0.257 e. The van der Waals surface area contributed by atoms with Gasteiger partial charge < -0.3 is 10.4 Å². The first-order chi connectivity index (χ1) is 8.15. The average Bonchev–Trinajstić information content (AvgIpc) is 2.29. The SMILES string of the molecule is O=C(Nc1ccccn1)c1cc(O)[nH]c(=O)c1. The van der Waals surface area contributed by atoms with E-state index < -0.39 is 11.5 Å². The molecular formula is C11H9N3O3. The van der Waals surface area contributed by atoms with E-state index >= 15 is 0 Å². The fourth-order valence-electron chi connectivity index (χ4n) is 1.28. The lowest BCUT2D eigenvalue weighted by molar-refractivity contribution is 0.102. The van der Waals surface area contributed by atoms with E-state index in [1.807, 2.05) is 0 Å². The van der Waals surface area contributed by atoms with Crippen molar-refractivity contribution in [2.24, 2.45) is 0 Å². The molecule has 2 aromatic rings. The first-order valence-electron chi connectivity index (χ1n) is 4.81. The first-order valence-corrected chi connectivity index (χ1v) is 4.81. The van der Waals surface area contributed by atoms with Gasteiger partial charge >= 0.3 is 0 Å². The van der Waals surface area contributed by atoms with E-state index in [0.717, 1.165) is 6.07 Å². The van der Waals surface area contributed by atoms with Crippen LogP contribution in [0.3, 0.4) is 0 Å². The maximum Gasteiger partial charge on any atom is 0.257 e. The number of pyridine rings is 2. The zero-order chi connectivity index (χ0) is 12.3. The fraction of sp³-hybridized carbons (Fsp3) is 0. The van der Waals surface area contributed by atoms with Crippen molar-refractivity contribution in [3.63, 3.8) is 0 Å². The van der Waals surface area contributed by atoms with Gasteiger partial charge in [-0.3, -0.25) is 14.6 Å². The number of aromatic nitrogens is 2. The van der Waals surface area contributed by atoms with E-state index in [2.05, 4.69) is 15.3 Å². The molecule has 0 unspecified atom stereocenters. The number of nitrogens with one attached hydrogen (secondary N) is 2. The first kappa shape index (κ1) is 10.9. The minimum absolute atomic E-state index is 0.0666. The Kier molecular flexibility index (Phi) is 2.87. The molecule has 6 heteroatoms. The highest BCUT2D eigenvalue weighted by molar-refractivity contribution is 6.03. The number of rotatable bonds is 2. The summed E-state index contributed by atoms with van der Waals surface area (Å²) in [4.78, 5) is 28.8. The number of carbonyl (C=O) groups excluding carboxylic acids is 1. The Morgan fingerprint density at radius 2 is 2.18 bits per heavy atom. The second kappa shape index (κ2) is 4.48. The predicted octanol–water partition coefficient (Wildman–Crippen LogP) is 0.728. The van der Waals surface area contributed by atoms with Crippen molar-refractivity contribution in [2.45, 2.75) is 0 Å². The maximum absolute atomic E-state index is 11.7. The second-order valence-electron chi connectivity index (χ2n) is 3.29. The van der Waals surface area contributed by atoms with Crippen LogP contribution in [0.15, 0.2) is 41.3 Å². The normalized spacial score (nSPS) is 9.88. The number of amides is 1. The van der Waals surface area contributed by atoms with Crippen molar-refractivity contribution < 1.29 is 9.90 Å². The molecule has 0 radical (unpaired) electrons. The Morgan fingerprint density at radius 1 is 1.35 bits per heavy atom. The molecule has 86 valence electrons. The van der Waals surface area contributed by atoms with E-state index in [1.165, 1.54) is 12.3 Å². The topological polar surface area (TPSA) is 95.1 Å². The maximum atomic E-state index is 11.7. The summed E-state index contributed by atoms with van der Waals surface area (Å²) in [6.07, 6.45) is 1.53. The molecule has 17 heavy (non-hydrogen) atoms. The molecule has 0 spiro atoms. The quantitative estimate of drug-likeness (QED) is 0.709. The molecule has 2 aromatic heterocycles. The monoisotopic (exact) mass is 231 g/mol. The molecular weight excluding hydrogens is 222 g/mol. The fourth-order valence-corrected chi connectivity index (χ4v) is 1.28. The molecule has 0 bridgehead atoms. The summed E-state index contributed by atoms with van der Waals surface area (Å²) < 4.78 is 0. The van der Waals surface area contributed by atoms with Crippen LogP contribution in [0, 0.1) is 0 Å². The van der Waals surface area contributed by atoms with Gasteiger partial charge in [0.05, 0.1) is 5.56 Å². The number of H-pyrrole nitrogens is 1. The highest BCUT2D eigenvalue weighted by Crippen LogP contribution is 2.07. The van der Waals surface area contributed by atoms with Crippen molar-refractivity contribution in [3.05, 3.63) is 52.4 Å². The number of hydrogen-bond donors (Lipinski definition) is 3. The van der Waals surface area contributed by atoms with Gasteiger partial charge in [-0.2, -0.15) is 0 Å². The molecule has 0 fully saturated rings. The number of aromatic amines is 1. The minimum Gasteiger partial charge on any atom is -0.494 e. The molecule has 1 amide bonds. The van der Waals surface area contributed by atoms with Crippen LogP contribution in [0.1, 0.15) is 10.4 Å². The Bertz CT molecular complexity index is 592. The van der Waals surface area contributed by atoms with Gasteiger partial charge in [0.25, 0.3) is 11.5 Å². The van der Waals surface area contributed by atoms with Gasteiger partial charge in [-0.15, -0.1) is 0 Å². The summed E-state index contributed by atoms with van der Waals surface area (Å²) in [6.45, 7) is 0. The van der Waals surface area contributed by atoms with Crippen LogP contribution in [0.4, 0.5) is 5.82 Å². The lowest BCUT2D eigenvalue weighted by atomic mass is 10.2. The van der Waals surface area contributed by atoms with E-state index in [-0.39, 0.29) is 11.4 Å². The van der Waals surface area contributed by atoms with Crippen LogP contribution in [0.5, 0.6) is 5.88 Å². The Balaban J connectivity index is 2.23. The van der Waals surface area contributed by atoms with Crippen molar-refractivity contribution in [3.8, 4) is 5.88 Å². The summed E-state index contributed by atoms with van der Waals surface area (Å²) in [5.41, 5.74) is -0.479. The Labute approximate surface area is 96.0 Å². The zero-order valence-corrected chi connectivity index (χ0v) is 8.68. The number of carbonyl (C=O) groups is 1. The van der Waals surface area contributed by atoms with Crippen LogP contribution in [-0.2, 0) is 0 Å². The third kappa shape index (κ3) is 2.69. The van der Waals surface area contributed by atoms with Crippen LogP contribution < -0.4 is 10.9 Å². The molecule has 0 saturated heterocycles. The van der Waals surface area contributed by atoms with Crippen LogP contribution in [0.25, 0.3) is 0 Å². The molecule has 0 saturated carbocycles. The number of hydrogen-bond acceptors (Lipinski definition) is 4. The lowest BCUT2D eigenvalue weighted by Crippen LogP contribution is -2.16. The molecule has 0 aromatic carbocycles. The molecule has 2 heterocycles. The molecule has 6 nitrogen and oxygen atoms in total. The van der Waals surface area contributed by atoms with E-state index in [1.54, 1.807) is 18.2 Å². The van der Waals surface area contributed by atoms with Crippen LogP contribution >= 0.6 is 0 Å². The van der Waals surface area contributed by atoms with Crippen molar-refractivity contribution in [2.75, 3.05) is 5.32 Å². The van der Waals surface area contributed by atoms with Crippen LogP contribution in [-0.4, -0.2) is 21.0 Å². The molecule has 3 N–H and O–H groups in total. The summed E-state index contributed by atoms with van der Waals surface area (Å²) in [5, 5.41) is 11.7. The Morgan fingerprint density at radius 3 is 2.82 bits per heavy atom. The third-order valence-corrected chi connectivity index (χ3v) is 2.00. The summed E-state index contributed by atoms with van der Waals surface area (Å²) in [5.74, 6) is -0.494.